The van der Waals surface area contributed by atoms with E-state index in [0.717, 1.165) is 12.8 Å². The fourth-order valence-corrected chi connectivity index (χ4v) is 2.41. The second-order valence-corrected chi connectivity index (χ2v) is 4.62. The third kappa shape index (κ3) is 2.57. The number of H-pyrrole nitrogens is 1. The zero-order valence-electron chi connectivity index (χ0n) is 10.1. The normalized spacial score (nSPS) is 16.8. The molecule has 2 rings (SSSR count). The molecule has 0 unspecified atom stereocenters. The molecule has 1 heterocycles. The molecule has 92 valence electrons. The summed E-state index contributed by atoms with van der Waals surface area (Å²) in [5, 5.41) is 0. The summed E-state index contributed by atoms with van der Waals surface area (Å²) in [6, 6.07) is 3.56. The van der Waals surface area contributed by atoms with Crippen LogP contribution in [0.1, 0.15) is 42.5 Å². The molecule has 17 heavy (non-hydrogen) atoms. The van der Waals surface area contributed by atoms with E-state index in [1.165, 1.54) is 19.3 Å². The summed E-state index contributed by atoms with van der Waals surface area (Å²) in [6.45, 7) is 0. The van der Waals surface area contributed by atoms with E-state index in [1.54, 1.807) is 30.3 Å². The average Bonchev–Trinajstić information content (AvgIpc) is 2.39. The first kappa shape index (κ1) is 11.9. The molecule has 1 amide bonds. The number of hydrogen-bond donors (Lipinski definition) is 1. The van der Waals surface area contributed by atoms with E-state index in [9.17, 15) is 9.59 Å². The third-order valence-electron chi connectivity index (χ3n) is 3.49. The molecule has 0 aromatic carbocycles. The molecular weight excluding hydrogens is 216 g/mol. The quantitative estimate of drug-likeness (QED) is 0.848. The maximum absolute atomic E-state index is 12.2. The predicted molar refractivity (Wildman–Crippen MR) is 66.0 cm³/mol. The number of nitrogens with one attached hydrogen (secondary N) is 1. The lowest BCUT2D eigenvalue weighted by Crippen LogP contribution is -2.40. The number of pyridine rings is 1. The molecule has 1 aliphatic carbocycles. The number of carbonyl (C=O) groups excluding carboxylic acids is 1. The highest BCUT2D eigenvalue weighted by Crippen LogP contribution is 2.22. The van der Waals surface area contributed by atoms with Crippen LogP contribution in [0.3, 0.4) is 0 Å². The van der Waals surface area contributed by atoms with Crippen molar-refractivity contribution in [2.45, 2.75) is 38.1 Å². The van der Waals surface area contributed by atoms with Crippen LogP contribution in [-0.2, 0) is 0 Å². The Morgan fingerprint density at radius 3 is 2.71 bits per heavy atom. The van der Waals surface area contributed by atoms with Crippen LogP contribution >= 0.6 is 0 Å². The van der Waals surface area contributed by atoms with Crippen molar-refractivity contribution in [3.63, 3.8) is 0 Å². The number of aromatic nitrogens is 1. The van der Waals surface area contributed by atoms with Gasteiger partial charge in [-0.15, -0.1) is 0 Å². The van der Waals surface area contributed by atoms with Crippen molar-refractivity contribution in [1.82, 2.24) is 9.88 Å². The van der Waals surface area contributed by atoms with Crippen molar-refractivity contribution >= 4 is 5.91 Å². The topological polar surface area (TPSA) is 53.2 Å². The minimum atomic E-state index is -0.305. The van der Waals surface area contributed by atoms with Crippen molar-refractivity contribution in [3.05, 3.63) is 34.2 Å². The van der Waals surface area contributed by atoms with E-state index in [4.69, 9.17) is 0 Å². The van der Waals surface area contributed by atoms with E-state index < -0.39 is 0 Å². The standard InChI is InChI=1S/C13H18N2O2/c1-15(10-6-3-2-4-7-10)13(17)11-8-5-9-14-12(11)16/h5,8-10H,2-4,6-7H2,1H3,(H,14,16). The first-order valence-electron chi connectivity index (χ1n) is 6.15. The van der Waals surface area contributed by atoms with Gasteiger partial charge >= 0.3 is 0 Å². The molecule has 4 nitrogen and oxygen atoms in total. The minimum Gasteiger partial charge on any atom is -0.339 e. The predicted octanol–water partition coefficient (Wildman–Crippen LogP) is 1.78. The molecule has 0 aliphatic heterocycles. The number of nitrogens with zero attached hydrogens (tertiary/aromatic N) is 1. The van der Waals surface area contributed by atoms with Gasteiger partial charge in [-0.3, -0.25) is 9.59 Å². The lowest BCUT2D eigenvalue weighted by atomic mass is 9.94. The Morgan fingerprint density at radius 2 is 2.06 bits per heavy atom. The highest BCUT2D eigenvalue weighted by atomic mass is 16.2. The number of rotatable bonds is 2. The second-order valence-electron chi connectivity index (χ2n) is 4.62. The first-order valence-corrected chi connectivity index (χ1v) is 6.15. The van der Waals surface area contributed by atoms with Gasteiger partial charge in [0.15, 0.2) is 0 Å². The van der Waals surface area contributed by atoms with Crippen LogP contribution in [0, 0.1) is 0 Å². The van der Waals surface area contributed by atoms with Gasteiger partial charge < -0.3 is 9.88 Å². The molecule has 1 fully saturated rings. The first-order chi connectivity index (χ1) is 8.20. The van der Waals surface area contributed by atoms with Crippen molar-refractivity contribution in [3.8, 4) is 0 Å². The number of hydrogen-bond acceptors (Lipinski definition) is 2. The van der Waals surface area contributed by atoms with Gasteiger partial charge in [-0.25, -0.2) is 0 Å². The fraction of sp³-hybridized carbons (Fsp3) is 0.538. The highest BCUT2D eigenvalue weighted by Gasteiger charge is 2.24. The maximum atomic E-state index is 12.2. The SMILES string of the molecule is CN(C(=O)c1ccc[nH]c1=O)C1CCCCC1. The number of aromatic amines is 1. The summed E-state index contributed by atoms with van der Waals surface area (Å²) in [7, 11) is 1.80. The molecule has 1 saturated carbocycles. The Hall–Kier alpha value is -1.58. The van der Waals surface area contributed by atoms with Crippen LogP contribution in [0.15, 0.2) is 23.1 Å². The van der Waals surface area contributed by atoms with Crippen LogP contribution in [-0.4, -0.2) is 28.9 Å². The van der Waals surface area contributed by atoms with E-state index in [1.807, 2.05) is 0 Å². The van der Waals surface area contributed by atoms with Gasteiger partial charge in [0.25, 0.3) is 11.5 Å². The van der Waals surface area contributed by atoms with Crippen molar-refractivity contribution in [2.24, 2.45) is 0 Å². The monoisotopic (exact) mass is 234 g/mol. The lowest BCUT2D eigenvalue weighted by Gasteiger charge is -2.31. The van der Waals surface area contributed by atoms with Gasteiger partial charge in [0, 0.05) is 19.3 Å². The molecule has 1 aliphatic rings. The van der Waals surface area contributed by atoms with Crippen molar-refractivity contribution < 1.29 is 4.79 Å². The van der Waals surface area contributed by atoms with Crippen LogP contribution in [0.2, 0.25) is 0 Å². The van der Waals surface area contributed by atoms with Gasteiger partial charge in [-0.05, 0) is 25.0 Å². The summed E-state index contributed by atoms with van der Waals surface area (Å²) in [5.41, 5.74) is -0.0688. The molecule has 1 aromatic rings. The molecule has 0 spiro atoms. The van der Waals surface area contributed by atoms with Gasteiger partial charge in [-0.2, -0.15) is 0 Å². The van der Waals surface area contributed by atoms with Crippen molar-refractivity contribution in [1.29, 1.82) is 0 Å². The van der Waals surface area contributed by atoms with E-state index in [0.29, 0.717) is 0 Å². The summed E-state index contributed by atoms with van der Waals surface area (Å²) in [6.07, 6.45) is 7.24. The Kier molecular flexibility index (Phi) is 3.61. The van der Waals surface area contributed by atoms with Gasteiger partial charge in [-0.1, -0.05) is 19.3 Å². The van der Waals surface area contributed by atoms with E-state index >= 15 is 0 Å². The maximum Gasteiger partial charge on any atom is 0.260 e. The molecule has 1 N–H and O–H groups in total. The zero-order valence-corrected chi connectivity index (χ0v) is 10.1. The largest absolute Gasteiger partial charge is 0.339 e. The molecule has 0 saturated heterocycles. The molecule has 4 heteroatoms. The summed E-state index contributed by atoms with van der Waals surface area (Å²) >= 11 is 0. The Labute approximate surface area is 101 Å². The second kappa shape index (κ2) is 5.17. The summed E-state index contributed by atoms with van der Waals surface area (Å²) in [5.74, 6) is -0.168. The van der Waals surface area contributed by atoms with Crippen LogP contribution in [0.5, 0.6) is 0 Å². The zero-order chi connectivity index (χ0) is 12.3. The minimum absolute atomic E-state index is 0.168. The van der Waals surface area contributed by atoms with Crippen molar-refractivity contribution in [2.75, 3.05) is 7.05 Å². The number of amides is 1. The van der Waals surface area contributed by atoms with Crippen LogP contribution < -0.4 is 5.56 Å². The molecular formula is C13H18N2O2. The summed E-state index contributed by atoms with van der Waals surface area (Å²) in [4.78, 5) is 28.0. The van der Waals surface area contributed by atoms with E-state index in [2.05, 4.69) is 4.98 Å². The molecule has 0 bridgehead atoms. The third-order valence-corrected chi connectivity index (χ3v) is 3.49. The number of carbonyl (C=O) groups is 1. The Balaban J connectivity index is 2.14. The van der Waals surface area contributed by atoms with Crippen LogP contribution in [0.25, 0.3) is 0 Å². The molecule has 1 aromatic heterocycles. The average molecular weight is 234 g/mol. The van der Waals surface area contributed by atoms with Gasteiger partial charge in [0.1, 0.15) is 5.56 Å². The van der Waals surface area contributed by atoms with E-state index in [-0.39, 0.29) is 23.1 Å². The lowest BCUT2D eigenvalue weighted by molar-refractivity contribution is 0.0694. The fourth-order valence-electron chi connectivity index (χ4n) is 2.41. The molecule has 0 radical (unpaired) electrons. The Bertz CT molecular complexity index is 447. The summed E-state index contributed by atoms with van der Waals surface area (Å²) < 4.78 is 0. The molecule has 0 atom stereocenters. The van der Waals surface area contributed by atoms with Gasteiger partial charge in [0.2, 0.25) is 0 Å². The smallest absolute Gasteiger partial charge is 0.260 e. The van der Waals surface area contributed by atoms with Crippen LogP contribution in [0.4, 0.5) is 0 Å². The van der Waals surface area contributed by atoms with Gasteiger partial charge in [0.05, 0.1) is 0 Å². The Morgan fingerprint density at radius 1 is 1.35 bits per heavy atom. The highest BCUT2D eigenvalue weighted by molar-refractivity contribution is 5.93.